The van der Waals surface area contributed by atoms with Gasteiger partial charge in [-0.25, -0.2) is 0 Å². The van der Waals surface area contributed by atoms with Gasteiger partial charge < -0.3 is 14.7 Å². The highest BCUT2D eigenvalue weighted by molar-refractivity contribution is 6.29. The third kappa shape index (κ3) is 3.67. The number of nitrogens with zero attached hydrogens (tertiary/aromatic N) is 1. The maximum Gasteiger partial charge on any atom is 0.161 e. The van der Waals surface area contributed by atoms with Gasteiger partial charge in [-0.15, -0.1) is 0 Å². The summed E-state index contributed by atoms with van der Waals surface area (Å²) in [6, 6.07) is 5.22. The molecule has 0 aliphatic carbocycles. The highest BCUT2D eigenvalue weighted by atomic mass is 35.5. The molecule has 0 fully saturated rings. The first-order valence-electron chi connectivity index (χ1n) is 4.91. The van der Waals surface area contributed by atoms with Crippen LogP contribution in [0.2, 0.25) is 0 Å². The molecule has 1 N–H and O–H groups in total. The molecule has 5 heteroatoms. The van der Waals surface area contributed by atoms with E-state index in [1.54, 1.807) is 25.1 Å². The standard InChI is InChI=1S/C12H14ClNO3/c1-8(13)7-17-11-5-4-10(9(2)14-15)6-12(11)16-3/h4-6,15H,1,7H2,2-3H3/b14-9+. The molecule has 0 aliphatic heterocycles. The normalized spacial score (nSPS) is 11.1. The van der Waals surface area contributed by atoms with Gasteiger partial charge in [0.05, 0.1) is 12.8 Å². The molecule has 0 radical (unpaired) electrons. The van der Waals surface area contributed by atoms with E-state index in [4.69, 9.17) is 26.3 Å². The largest absolute Gasteiger partial charge is 0.493 e. The van der Waals surface area contributed by atoms with E-state index in [1.807, 2.05) is 0 Å². The predicted octanol–water partition coefficient (Wildman–Crippen LogP) is 3.02. The summed E-state index contributed by atoms with van der Waals surface area (Å²) in [5.41, 5.74) is 1.25. The lowest BCUT2D eigenvalue weighted by molar-refractivity contribution is 0.318. The minimum Gasteiger partial charge on any atom is -0.493 e. The molecule has 92 valence electrons. The quantitative estimate of drug-likeness (QED) is 0.500. The lowest BCUT2D eigenvalue weighted by Crippen LogP contribution is -2.01. The van der Waals surface area contributed by atoms with Crippen LogP contribution in [0, 0.1) is 0 Å². The molecule has 0 aliphatic rings. The number of hydrogen-bond acceptors (Lipinski definition) is 4. The molecule has 17 heavy (non-hydrogen) atoms. The van der Waals surface area contributed by atoms with Crippen LogP contribution in [0.25, 0.3) is 0 Å². The Morgan fingerprint density at radius 3 is 2.71 bits per heavy atom. The first-order valence-corrected chi connectivity index (χ1v) is 5.29. The van der Waals surface area contributed by atoms with Crippen LogP contribution in [0.15, 0.2) is 35.0 Å². The predicted molar refractivity (Wildman–Crippen MR) is 67.5 cm³/mol. The zero-order valence-electron chi connectivity index (χ0n) is 9.74. The van der Waals surface area contributed by atoms with E-state index in [0.717, 1.165) is 5.56 Å². The van der Waals surface area contributed by atoms with Crippen molar-refractivity contribution in [3.63, 3.8) is 0 Å². The second-order valence-electron chi connectivity index (χ2n) is 3.36. The van der Waals surface area contributed by atoms with Crippen LogP contribution in [-0.2, 0) is 0 Å². The maximum absolute atomic E-state index is 8.68. The van der Waals surface area contributed by atoms with E-state index >= 15 is 0 Å². The van der Waals surface area contributed by atoms with Gasteiger partial charge in [-0.1, -0.05) is 23.3 Å². The lowest BCUT2D eigenvalue weighted by atomic mass is 10.1. The average Bonchev–Trinajstić information content (AvgIpc) is 2.34. The SMILES string of the molecule is C=C(Cl)COc1ccc(/C(C)=N/O)cc1OC. The lowest BCUT2D eigenvalue weighted by Gasteiger charge is -2.11. The first-order chi connectivity index (χ1) is 8.08. The molecular weight excluding hydrogens is 242 g/mol. The summed E-state index contributed by atoms with van der Waals surface area (Å²) < 4.78 is 10.6. The fourth-order valence-corrected chi connectivity index (χ4v) is 1.28. The number of methoxy groups -OCH3 is 1. The second kappa shape index (κ2) is 6.15. The smallest absolute Gasteiger partial charge is 0.161 e. The zero-order chi connectivity index (χ0) is 12.8. The molecule has 0 aromatic heterocycles. The maximum atomic E-state index is 8.68. The Labute approximate surface area is 105 Å². The van der Waals surface area contributed by atoms with E-state index < -0.39 is 0 Å². The highest BCUT2D eigenvalue weighted by Crippen LogP contribution is 2.28. The molecule has 0 bridgehead atoms. The van der Waals surface area contributed by atoms with Crippen LogP contribution in [-0.4, -0.2) is 24.6 Å². The summed E-state index contributed by atoms with van der Waals surface area (Å²) in [5.74, 6) is 1.10. The summed E-state index contributed by atoms with van der Waals surface area (Å²) in [6.45, 7) is 5.44. The van der Waals surface area contributed by atoms with Gasteiger partial charge in [0.1, 0.15) is 6.61 Å². The number of hydrogen-bond donors (Lipinski definition) is 1. The third-order valence-corrected chi connectivity index (χ3v) is 2.22. The number of rotatable bonds is 5. The Kier molecular flexibility index (Phi) is 4.84. The molecular formula is C12H14ClNO3. The fraction of sp³-hybridized carbons (Fsp3) is 0.250. The number of ether oxygens (including phenoxy) is 2. The Bertz CT molecular complexity index is 443. The molecule has 0 saturated carbocycles. The number of oxime groups is 1. The third-order valence-electron chi connectivity index (χ3n) is 2.12. The number of halogens is 1. The van der Waals surface area contributed by atoms with Crippen molar-refractivity contribution in [3.8, 4) is 11.5 Å². The van der Waals surface area contributed by atoms with Crippen LogP contribution in [0.4, 0.5) is 0 Å². The topological polar surface area (TPSA) is 51.0 Å². The van der Waals surface area contributed by atoms with Crippen LogP contribution < -0.4 is 9.47 Å². The van der Waals surface area contributed by atoms with Crippen LogP contribution in [0.5, 0.6) is 11.5 Å². The van der Waals surface area contributed by atoms with Crippen LogP contribution in [0.3, 0.4) is 0 Å². The van der Waals surface area contributed by atoms with Gasteiger partial charge in [0.15, 0.2) is 11.5 Å². The minimum absolute atomic E-state index is 0.213. The summed E-state index contributed by atoms with van der Waals surface area (Å²) in [6.07, 6.45) is 0. The van der Waals surface area contributed by atoms with Crippen LogP contribution >= 0.6 is 11.6 Å². The van der Waals surface area contributed by atoms with Gasteiger partial charge in [-0.2, -0.15) is 0 Å². The van der Waals surface area contributed by atoms with Gasteiger partial charge in [-0.3, -0.25) is 0 Å². The molecule has 4 nitrogen and oxygen atoms in total. The van der Waals surface area contributed by atoms with Crippen molar-refractivity contribution in [2.75, 3.05) is 13.7 Å². The summed E-state index contributed by atoms with van der Waals surface area (Å²) in [7, 11) is 1.53. The Morgan fingerprint density at radius 2 is 2.18 bits per heavy atom. The van der Waals surface area contributed by atoms with E-state index in [1.165, 1.54) is 7.11 Å². The van der Waals surface area contributed by atoms with Gasteiger partial charge in [0, 0.05) is 10.6 Å². The zero-order valence-corrected chi connectivity index (χ0v) is 10.5. The van der Waals surface area contributed by atoms with Crippen molar-refractivity contribution in [3.05, 3.63) is 35.4 Å². The second-order valence-corrected chi connectivity index (χ2v) is 3.89. The minimum atomic E-state index is 0.213. The van der Waals surface area contributed by atoms with Gasteiger partial charge in [0.2, 0.25) is 0 Å². The van der Waals surface area contributed by atoms with Crippen LogP contribution in [0.1, 0.15) is 12.5 Å². The van der Waals surface area contributed by atoms with Crippen molar-refractivity contribution < 1.29 is 14.7 Å². The Hall–Kier alpha value is -1.68. The van der Waals surface area contributed by atoms with E-state index in [9.17, 15) is 0 Å². The molecule has 1 rings (SSSR count). The first kappa shape index (κ1) is 13.4. The summed E-state index contributed by atoms with van der Waals surface area (Å²) in [5, 5.41) is 12.2. The van der Waals surface area contributed by atoms with Crippen molar-refractivity contribution in [2.45, 2.75) is 6.92 Å². The molecule has 0 amide bonds. The monoisotopic (exact) mass is 255 g/mol. The van der Waals surface area contributed by atoms with Crippen molar-refractivity contribution in [1.82, 2.24) is 0 Å². The fourth-order valence-electron chi connectivity index (χ4n) is 1.23. The summed E-state index contributed by atoms with van der Waals surface area (Å²) >= 11 is 5.61. The summed E-state index contributed by atoms with van der Waals surface area (Å²) in [4.78, 5) is 0. The average molecular weight is 256 g/mol. The van der Waals surface area contributed by atoms with Gasteiger partial charge in [0.25, 0.3) is 0 Å². The molecule has 0 heterocycles. The highest BCUT2D eigenvalue weighted by Gasteiger charge is 2.07. The van der Waals surface area contributed by atoms with E-state index in [2.05, 4.69) is 11.7 Å². The molecule has 0 unspecified atom stereocenters. The molecule has 1 aromatic carbocycles. The van der Waals surface area contributed by atoms with E-state index in [-0.39, 0.29) is 6.61 Å². The molecule has 0 saturated heterocycles. The number of benzene rings is 1. The van der Waals surface area contributed by atoms with Crippen molar-refractivity contribution in [2.24, 2.45) is 5.16 Å². The molecule has 0 atom stereocenters. The Morgan fingerprint density at radius 1 is 1.47 bits per heavy atom. The van der Waals surface area contributed by atoms with Crippen molar-refractivity contribution in [1.29, 1.82) is 0 Å². The van der Waals surface area contributed by atoms with Crippen molar-refractivity contribution >= 4 is 17.3 Å². The van der Waals surface area contributed by atoms with E-state index in [0.29, 0.717) is 22.2 Å². The van der Waals surface area contributed by atoms with Gasteiger partial charge >= 0.3 is 0 Å². The molecule has 0 spiro atoms. The molecule has 1 aromatic rings. The van der Waals surface area contributed by atoms with Gasteiger partial charge in [-0.05, 0) is 25.1 Å². The Balaban J connectivity index is 2.97.